The SMILES string of the molecule is Cc1nn(-c2cccnc2)cc1N(C)C(=O)CN/C=C\N. The average molecular weight is 286 g/mol. The van der Waals surface area contributed by atoms with E-state index in [4.69, 9.17) is 5.73 Å². The quantitative estimate of drug-likeness (QED) is 0.838. The first kappa shape index (κ1) is 14.6. The van der Waals surface area contributed by atoms with Gasteiger partial charge >= 0.3 is 0 Å². The molecule has 0 saturated heterocycles. The van der Waals surface area contributed by atoms with Gasteiger partial charge in [-0.3, -0.25) is 9.78 Å². The van der Waals surface area contributed by atoms with Crippen molar-refractivity contribution in [1.82, 2.24) is 20.1 Å². The molecule has 2 heterocycles. The molecular weight excluding hydrogens is 268 g/mol. The first-order valence-corrected chi connectivity index (χ1v) is 6.47. The van der Waals surface area contributed by atoms with Gasteiger partial charge < -0.3 is 16.0 Å². The van der Waals surface area contributed by atoms with Crippen LogP contribution in [0.1, 0.15) is 5.69 Å². The Morgan fingerprint density at radius 1 is 1.57 bits per heavy atom. The van der Waals surface area contributed by atoms with Crippen molar-refractivity contribution < 1.29 is 4.79 Å². The molecule has 0 bridgehead atoms. The molecule has 3 N–H and O–H groups in total. The summed E-state index contributed by atoms with van der Waals surface area (Å²) in [7, 11) is 1.72. The normalized spacial score (nSPS) is 10.8. The van der Waals surface area contributed by atoms with Crippen molar-refractivity contribution in [3.63, 3.8) is 0 Å². The van der Waals surface area contributed by atoms with E-state index < -0.39 is 0 Å². The van der Waals surface area contributed by atoms with Crippen molar-refractivity contribution in [3.8, 4) is 5.69 Å². The number of carbonyl (C=O) groups is 1. The molecule has 0 aliphatic rings. The van der Waals surface area contributed by atoms with Crippen molar-refractivity contribution in [2.45, 2.75) is 6.92 Å². The van der Waals surface area contributed by atoms with Crippen LogP contribution < -0.4 is 16.0 Å². The highest BCUT2D eigenvalue weighted by atomic mass is 16.2. The molecule has 0 aliphatic heterocycles. The second-order valence-electron chi connectivity index (χ2n) is 4.45. The average Bonchev–Trinajstić information content (AvgIpc) is 2.89. The number of aryl methyl sites for hydroxylation is 1. The largest absolute Gasteiger partial charge is 0.403 e. The number of hydrogen-bond acceptors (Lipinski definition) is 5. The number of pyridine rings is 1. The van der Waals surface area contributed by atoms with Crippen molar-refractivity contribution in [1.29, 1.82) is 0 Å². The number of nitrogens with zero attached hydrogens (tertiary/aromatic N) is 4. The predicted octanol–water partition coefficient (Wildman–Crippen LogP) is 0.558. The summed E-state index contributed by atoms with van der Waals surface area (Å²) in [5.74, 6) is -0.0815. The van der Waals surface area contributed by atoms with Gasteiger partial charge in [-0.25, -0.2) is 4.68 Å². The maximum absolute atomic E-state index is 12.1. The molecule has 7 heteroatoms. The van der Waals surface area contributed by atoms with Gasteiger partial charge in [0.2, 0.25) is 5.91 Å². The van der Waals surface area contributed by atoms with Crippen LogP contribution in [-0.2, 0) is 4.79 Å². The molecule has 21 heavy (non-hydrogen) atoms. The Balaban J connectivity index is 2.17. The summed E-state index contributed by atoms with van der Waals surface area (Å²) in [5, 5.41) is 7.22. The van der Waals surface area contributed by atoms with E-state index in [1.807, 2.05) is 25.3 Å². The highest BCUT2D eigenvalue weighted by molar-refractivity contribution is 5.94. The zero-order valence-corrected chi connectivity index (χ0v) is 12.0. The van der Waals surface area contributed by atoms with Gasteiger partial charge in [-0.1, -0.05) is 0 Å². The van der Waals surface area contributed by atoms with Gasteiger partial charge in [0.05, 0.1) is 36.0 Å². The molecule has 0 radical (unpaired) electrons. The van der Waals surface area contributed by atoms with Crippen LogP contribution in [0.2, 0.25) is 0 Å². The third-order valence-electron chi connectivity index (χ3n) is 2.99. The second-order valence-corrected chi connectivity index (χ2v) is 4.45. The fraction of sp³-hybridized carbons (Fsp3) is 0.214. The van der Waals surface area contributed by atoms with Crippen LogP contribution in [0.3, 0.4) is 0 Å². The van der Waals surface area contributed by atoms with Gasteiger partial charge in [0.15, 0.2) is 0 Å². The fourth-order valence-corrected chi connectivity index (χ4v) is 1.87. The molecule has 0 unspecified atom stereocenters. The predicted molar refractivity (Wildman–Crippen MR) is 80.8 cm³/mol. The lowest BCUT2D eigenvalue weighted by Gasteiger charge is -2.15. The Morgan fingerprint density at radius 3 is 3.05 bits per heavy atom. The fourth-order valence-electron chi connectivity index (χ4n) is 1.87. The van der Waals surface area contributed by atoms with Crippen LogP contribution in [-0.4, -0.2) is 34.3 Å². The van der Waals surface area contributed by atoms with Gasteiger partial charge in [-0.2, -0.15) is 5.10 Å². The van der Waals surface area contributed by atoms with Crippen molar-refractivity contribution in [2.75, 3.05) is 18.5 Å². The number of nitrogens with one attached hydrogen (secondary N) is 1. The zero-order chi connectivity index (χ0) is 15.2. The van der Waals surface area contributed by atoms with Crippen LogP contribution in [0.15, 0.2) is 43.1 Å². The molecule has 0 spiro atoms. The summed E-state index contributed by atoms with van der Waals surface area (Å²) in [6.07, 6.45) is 8.10. The number of hydrogen-bond donors (Lipinski definition) is 2. The van der Waals surface area contributed by atoms with E-state index in [1.54, 1.807) is 29.0 Å². The number of carbonyl (C=O) groups excluding carboxylic acids is 1. The minimum atomic E-state index is -0.0815. The molecule has 2 aromatic heterocycles. The minimum Gasteiger partial charge on any atom is -0.403 e. The van der Waals surface area contributed by atoms with Gasteiger partial charge in [-0.15, -0.1) is 0 Å². The third-order valence-corrected chi connectivity index (χ3v) is 2.99. The second kappa shape index (κ2) is 6.56. The molecule has 7 nitrogen and oxygen atoms in total. The van der Waals surface area contributed by atoms with Gasteiger partial charge in [0.25, 0.3) is 0 Å². The Bertz CT molecular complexity index is 634. The molecular formula is C14H18N6O. The lowest BCUT2D eigenvalue weighted by molar-refractivity contribution is -0.117. The minimum absolute atomic E-state index is 0.0815. The van der Waals surface area contributed by atoms with Gasteiger partial charge in [0, 0.05) is 25.6 Å². The van der Waals surface area contributed by atoms with Crippen LogP contribution >= 0.6 is 0 Å². The number of nitrogens with two attached hydrogens (primary N) is 1. The summed E-state index contributed by atoms with van der Waals surface area (Å²) >= 11 is 0. The molecule has 110 valence electrons. The Labute approximate surface area is 123 Å². The molecule has 0 fully saturated rings. The lowest BCUT2D eigenvalue weighted by Crippen LogP contribution is -2.34. The molecule has 0 atom stereocenters. The summed E-state index contributed by atoms with van der Waals surface area (Å²) in [6.45, 7) is 2.03. The molecule has 2 aromatic rings. The molecule has 2 rings (SSSR count). The van der Waals surface area contributed by atoms with Crippen molar-refractivity contribution >= 4 is 11.6 Å². The molecule has 0 saturated carbocycles. The number of aromatic nitrogens is 3. The maximum atomic E-state index is 12.1. The van der Waals surface area contributed by atoms with E-state index in [0.29, 0.717) is 0 Å². The zero-order valence-electron chi connectivity index (χ0n) is 12.0. The summed E-state index contributed by atoms with van der Waals surface area (Å²) < 4.78 is 1.70. The first-order valence-electron chi connectivity index (χ1n) is 6.47. The van der Waals surface area contributed by atoms with E-state index in [-0.39, 0.29) is 12.5 Å². The van der Waals surface area contributed by atoms with Crippen LogP contribution in [0, 0.1) is 6.92 Å². The van der Waals surface area contributed by atoms with Gasteiger partial charge in [0.1, 0.15) is 0 Å². The summed E-state index contributed by atoms with van der Waals surface area (Å²) in [5.41, 5.74) is 7.57. The number of anilines is 1. The van der Waals surface area contributed by atoms with Crippen LogP contribution in [0.5, 0.6) is 0 Å². The van der Waals surface area contributed by atoms with E-state index in [2.05, 4.69) is 15.4 Å². The van der Waals surface area contributed by atoms with E-state index >= 15 is 0 Å². The first-order chi connectivity index (χ1) is 10.1. The molecule has 1 amide bonds. The highest BCUT2D eigenvalue weighted by Crippen LogP contribution is 2.19. The third kappa shape index (κ3) is 3.38. The number of likely N-dealkylation sites (N-methyl/N-ethyl adjacent to an activating group) is 1. The molecule has 0 aliphatic carbocycles. The monoisotopic (exact) mass is 286 g/mol. The van der Waals surface area contributed by atoms with Crippen molar-refractivity contribution in [2.24, 2.45) is 5.73 Å². The standard InChI is InChI=1S/C14H18N6O/c1-11-13(19(2)14(21)9-17-7-5-15)10-20(18-11)12-4-3-6-16-8-12/h3-8,10,17H,9,15H2,1-2H3/b7-5-. The maximum Gasteiger partial charge on any atom is 0.246 e. The van der Waals surface area contributed by atoms with Crippen LogP contribution in [0.4, 0.5) is 5.69 Å². The Hall–Kier alpha value is -2.83. The smallest absolute Gasteiger partial charge is 0.246 e. The number of rotatable bonds is 5. The highest BCUT2D eigenvalue weighted by Gasteiger charge is 2.16. The summed E-state index contributed by atoms with van der Waals surface area (Å²) in [4.78, 5) is 17.7. The number of amides is 1. The Kier molecular flexibility index (Phi) is 4.55. The lowest BCUT2D eigenvalue weighted by atomic mass is 10.3. The van der Waals surface area contributed by atoms with Crippen molar-refractivity contribution in [3.05, 3.63) is 48.8 Å². The van der Waals surface area contributed by atoms with Crippen LogP contribution in [0.25, 0.3) is 5.69 Å². The Morgan fingerprint density at radius 2 is 2.38 bits per heavy atom. The van der Waals surface area contributed by atoms with Gasteiger partial charge in [-0.05, 0) is 19.1 Å². The topological polar surface area (TPSA) is 89.1 Å². The molecule has 0 aromatic carbocycles. The summed E-state index contributed by atoms with van der Waals surface area (Å²) in [6, 6.07) is 3.74. The van der Waals surface area contributed by atoms with E-state index in [9.17, 15) is 4.79 Å². The van der Waals surface area contributed by atoms with E-state index in [1.165, 1.54) is 12.4 Å². The van der Waals surface area contributed by atoms with E-state index in [0.717, 1.165) is 17.1 Å².